The maximum Gasteiger partial charge on any atom is 0.246 e. The summed E-state index contributed by atoms with van der Waals surface area (Å²) in [5.74, 6) is 0.809. The second-order valence-electron chi connectivity index (χ2n) is 7.04. The number of aromatic nitrogens is 2. The van der Waals surface area contributed by atoms with Gasteiger partial charge in [0.2, 0.25) is 5.91 Å². The van der Waals surface area contributed by atoms with Crippen molar-refractivity contribution in [3.8, 4) is 0 Å². The highest BCUT2D eigenvalue weighted by atomic mass is 16.5. The molecule has 1 amide bonds. The van der Waals surface area contributed by atoms with Gasteiger partial charge in [0.25, 0.3) is 0 Å². The third kappa shape index (κ3) is 3.77. The van der Waals surface area contributed by atoms with Gasteiger partial charge in [0, 0.05) is 49.7 Å². The maximum absolute atomic E-state index is 12.6. The van der Waals surface area contributed by atoms with E-state index in [1.807, 2.05) is 32.3 Å². The molecule has 0 saturated heterocycles. The Balaban J connectivity index is 1.45. The number of pyridine rings is 1. The first kappa shape index (κ1) is 18.3. The Bertz CT molecular complexity index is 1040. The molecule has 3 aromatic rings. The molecule has 0 fully saturated rings. The second kappa shape index (κ2) is 7.86. The van der Waals surface area contributed by atoms with Crippen molar-refractivity contribution in [1.29, 1.82) is 0 Å². The molecule has 6 heteroatoms. The minimum atomic E-state index is -0.0467. The lowest BCUT2D eigenvalue weighted by molar-refractivity contribution is -0.125. The van der Waals surface area contributed by atoms with Gasteiger partial charge in [-0.2, -0.15) is 0 Å². The van der Waals surface area contributed by atoms with E-state index in [-0.39, 0.29) is 5.91 Å². The fourth-order valence-electron chi connectivity index (χ4n) is 3.43. The van der Waals surface area contributed by atoms with Crippen molar-refractivity contribution in [3.63, 3.8) is 0 Å². The average Bonchev–Trinajstić information content (AvgIpc) is 2.88. The highest BCUT2D eigenvalue weighted by Crippen LogP contribution is 2.20. The first-order valence-electron chi connectivity index (χ1n) is 9.39. The molecule has 1 N–H and O–H groups in total. The lowest BCUT2D eigenvalue weighted by Crippen LogP contribution is -2.25. The molecule has 0 atom stereocenters. The Morgan fingerprint density at radius 1 is 1.36 bits per heavy atom. The molecule has 0 spiro atoms. The van der Waals surface area contributed by atoms with E-state index >= 15 is 0 Å². The molecule has 0 bridgehead atoms. The molecule has 4 rings (SSSR count). The summed E-state index contributed by atoms with van der Waals surface area (Å²) in [6, 6.07) is 12.4. The number of hydrogen-bond acceptors (Lipinski definition) is 4. The standard InChI is InChI=1S/C22H24N4O2/c1-25(14-19-12-17-5-3-4-6-20(17)26(19)2)21(27)8-7-16-11-18-15-28-10-9-23-22(18)24-13-16/h3-8,11-13H,9-10,14-15H2,1-2H3,(H,23,24)/b8-7+. The smallest absolute Gasteiger partial charge is 0.246 e. The number of carbonyl (C=O) groups excluding carboxylic acids is 1. The van der Waals surface area contributed by atoms with Crippen LogP contribution in [0.2, 0.25) is 0 Å². The Hall–Kier alpha value is -3.12. The fraction of sp³-hybridized carbons (Fsp3) is 0.273. The zero-order valence-electron chi connectivity index (χ0n) is 16.2. The molecule has 6 nitrogen and oxygen atoms in total. The number of anilines is 1. The number of nitrogens with zero attached hydrogens (tertiary/aromatic N) is 3. The number of likely N-dealkylation sites (N-methyl/N-ethyl adjacent to an activating group) is 1. The normalized spacial score (nSPS) is 13.9. The summed E-state index contributed by atoms with van der Waals surface area (Å²) in [4.78, 5) is 18.7. The van der Waals surface area contributed by atoms with E-state index in [1.165, 1.54) is 10.9 Å². The molecular weight excluding hydrogens is 352 g/mol. The van der Waals surface area contributed by atoms with Crippen molar-refractivity contribution in [2.24, 2.45) is 7.05 Å². The van der Waals surface area contributed by atoms with Crippen LogP contribution in [0.15, 0.2) is 48.7 Å². The first-order chi connectivity index (χ1) is 13.6. The summed E-state index contributed by atoms with van der Waals surface area (Å²) in [6.07, 6.45) is 5.17. The van der Waals surface area contributed by atoms with Crippen molar-refractivity contribution in [1.82, 2.24) is 14.5 Å². The quantitative estimate of drug-likeness (QED) is 0.711. The molecule has 0 unspecified atom stereocenters. The van der Waals surface area contributed by atoms with Crippen molar-refractivity contribution in [2.75, 3.05) is 25.5 Å². The molecule has 144 valence electrons. The van der Waals surface area contributed by atoms with Gasteiger partial charge < -0.3 is 19.5 Å². The van der Waals surface area contributed by atoms with Gasteiger partial charge in [0.1, 0.15) is 5.82 Å². The molecule has 0 saturated carbocycles. The molecule has 1 aliphatic heterocycles. The number of fused-ring (bicyclic) bond motifs is 2. The van der Waals surface area contributed by atoms with Crippen LogP contribution in [-0.4, -0.2) is 40.6 Å². The lowest BCUT2D eigenvalue weighted by atomic mass is 10.2. The predicted octanol–water partition coefficient (Wildman–Crippen LogP) is 3.19. The number of hydrogen-bond donors (Lipinski definition) is 1. The third-order valence-corrected chi connectivity index (χ3v) is 5.03. The second-order valence-corrected chi connectivity index (χ2v) is 7.04. The molecule has 28 heavy (non-hydrogen) atoms. The molecule has 0 radical (unpaired) electrons. The first-order valence-corrected chi connectivity index (χ1v) is 9.39. The van der Waals surface area contributed by atoms with Crippen LogP contribution in [0.3, 0.4) is 0 Å². The number of aryl methyl sites for hydroxylation is 1. The highest BCUT2D eigenvalue weighted by Gasteiger charge is 2.12. The number of ether oxygens (including phenoxy) is 1. The van der Waals surface area contributed by atoms with Crippen LogP contribution in [0.4, 0.5) is 5.82 Å². The Labute approximate surface area is 164 Å². The van der Waals surface area contributed by atoms with Crippen LogP contribution >= 0.6 is 0 Å². The number of nitrogens with one attached hydrogen (secondary N) is 1. The highest BCUT2D eigenvalue weighted by molar-refractivity contribution is 5.91. The minimum absolute atomic E-state index is 0.0467. The van der Waals surface area contributed by atoms with Crippen molar-refractivity contribution >= 4 is 28.7 Å². The van der Waals surface area contributed by atoms with E-state index in [0.29, 0.717) is 19.8 Å². The van der Waals surface area contributed by atoms with Gasteiger partial charge in [0.15, 0.2) is 0 Å². The molecule has 2 aromatic heterocycles. The van der Waals surface area contributed by atoms with Crippen molar-refractivity contribution in [3.05, 3.63) is 65.5 Å². The summed E-state index contributed by atoms with van der Waals surface area (Å²) >= 11 is 0. The van der Waals surface area contributed by atoms with Crippen LogP contribution in [0.25, 0.3) is 17.0 Å². The van der Waals surface area contributed by atoms with E-state index in [9.17, 15) is 4.79 Å². The van der Waals surface area contributed by atoms with Crippen LogP contribution in [0, 0.1) is 0 Å². The molecule has 1 aliphatic rings. The SMILES string of the molecule is CN(Cc1cc2ccccc2n1C)C(=O)/C=C/c1cnc2c(c1)COCCN2. The van der Waals surface area contributed by atoms with Crippen LogP contribution in [0.1, 0.15) is 16.8 Å². The minimum Gasteiger partial charge on any atom is -0.375 e. The van der Waals surface area contributed by atoms with Gasteiger partial charge in [0.05, 0.1) is 19.8 Å². The number of carbonyl (C=O) groups is 1. The number of rotatable bonds is 4. The topological polar surface area (TPSA) is 59.4 Å². The summed E-state index contributed by atoms with van der Waals surface area (Å²) in [5.41, 5.74) is 4.16. The Morgan fingerprint density at radius 2 is 2.21 bits per heavy atom. The molecular formula is C22H24N4O2. The fourth-order valence-corrected chi connectivity index (χ4v) is 3.43. The monoisotopic (exact) mass is 376 g/mol. The number of para-hydroxylation sites is 1. The number of amides is 1. The van der Waals surface area contributed by atoms with Crippen LogP contribution < -0.4 is 5.32 Å². The zero-order chi connectivity index (χ0) is 19.5. The van der Waals surface area contributed by atoms with E-state index in [0.717, 1.165) is 29.2 Å². The van der Waals surface area contributed by atoms with Gasteiger partial charge in [-0.15, -0.1) is 0 Å². The molecule has 1 aromatic carbocycles. The molecule has 3 heterocycles. The van der Waals surface area contributed by atoms with Crippen molar-refractivity contribution < 1.29 is 9.53 Å². The third-order valence-electron chi connectivity index (χ3n) is 5.03. The van der Waals surface area contributed by atoms with Crippen molar-refractivity contribution in [2.45, 2.75) is 13.2 Å². The largest absolute Gasteiger partial charge is 0.375 e. The predicted molar refractivity (Wildman–Crippen MR) is 111 cm³/mol. The summed E-state index contributed by atoms with van der Waals surface area (Å²) in [5, 5.41) is 4.42. The summed E-state index contributed by atoms with van der Waals surface area (Å²) < 4.78 is 7.67. The van der Waals surface area contributed by atoms with Gasteiger partial charge in [-0.05, 0) is 35.2 Å². The van der Waals surface area contributed by atoms with E-state index < -0.39 is 0 Å². The summed E-state index contributed by atoms with van der Waals surface area (Å²) in [6.45, 7) is 2.51. The van der Waals surface area contributed by atoms with Gasteiger partial charge in [-0.1, -0.05) is 18.2 Å². The Kier molecular flexibility index (Phi) is 5.12. The lowest BCUT2D eigenvalue weighted by Gasteiger charge is -2.16. The van der Waals surface area contributed by atoms with Gasteiger partial charge in [-0.25, -0.2) is 4.98 Å². The van der Waals surface area contributed by atoms with Gasteiger partial charge in [-0.3, -0.25) is 4.79 Å². The van der Waals surface area contributed by atoms with Crippen LogP contribution in [0.5, 0.6) is 0 Å². The number of benzene rings is 1. The summed E-state index contributed by atoms with van der Waals surface area (Å²) in [7, 11) is 3.85. The molecule has 0 aliphatic carbocycles. The van der Waals surface area contributed by atoms with Crippen LogP contribution in [-0.2, 0) is 29.7 Å². The van der Waals surface area contributed by atoms with E-state index in [4.69, 9.17) is 4.74 Å². The Morgan fingerprint density at radius 3 is 3.07 bits per heavy atom. The van der Waals surface area contributed by atoms with Gasteiger partial charge >= 0.3 is 0 Å². The average molecular weight is 376 g/mol. The van der Waals surface area contributed by atoms with E-state index in [1.54, 1.807) is 23.2 Å². The van der Waals surface area contributed by atoms with E-state index in [2.05, 4.69) is 33.1 Å². The zero-order valence-corrected chi connectivity index (χ0v) is 16.2. The maximum atomic E-state index is 12.6.